The third kappa shape index (κ3) is 3.96. The van der Waals surface area contributed by atoms with Gasteiger partial charge in [0.05, 0.1) is 22.4 Å². The number of hydrogen-bond donors (Lipinski definition) is 0. The monoisotopic (exact) mass is 433 g/mol. The molecular weight excluding hydrogens is 402 g/mol. The number of anilines is 1. The van der Waals surface area contributed by atoms with Gasteiger partial charge in [0, 0.05) is 0 Å². The Balaban J connectivity index is 1.60. The summed E-state index contributed by atoms with van der Waals surface area (Å²) < 4.78 is 5.94. The summed E-state index contributed by atoms with van der Waals surface area (Å²) in [5.41, 5.74) is 3.27. The van der Waals surface area contributed by atoms with Crippen molar-refractivity contribution in [3.05, 3.63) is 64.2 Å². The molecule has 0 bridgehead atoms. The van der Waals surface area contributed by atoms with Gasteiger partial charge in [0.2, 0.25) is 0 Å². The van der Waals surface area contributed by atoms with E-state index >= 15 is 0 Å². The van der Waals surface area contributed by atoms with E-state index < -0.39 is 11.9 Å². The van der Waals surface area contributed by atoms with Gasteiger partial charge < -0.3 is 4.74 Å². The molecule has 0 spiro atoms. The van der Waals surface area contributed by atoms with Crippen LogP contribution in [-0.4, -0.2) is 23.9 Å². The molecule has 2 aliphatic rings. The van der Waals surface area contributed by atoms with Crippen LogP contribution in [0.3, 0.4) is 0 Å². The van der Waals surface area contributed by atoms with Gasteiger partial charge in [-0.1, -0.05) is 39.3 Å². The molecule has 4 rings (SSSR count). The Morgan fingerprint density at radius 1 is 1.00 bits per heavy atom. The Hall–Kier alpha value is -2.95. The quantitative estimate of drug-likeness (QED) is 0.457. The zero-order chi connectivity index (χ0) is 23.2. The van der Waals surface area contributed by atoms with Gasteiger partial charge in [-0.15, -0.1) is 0 Å². The summed E-state index contributed by atoms with van der Waals surface area (Å²) in [7, 11) is 0. The fourth-order valence-corrected chi connectivity index (χ4v) is 5.00. The molecule has 0 unspecified atom stereocenters. The first-order chi connectivity index (χ1) is 15.2. The minimum absolute atomic E-state index is 0.122. The van der Waals surface area contributed by atoms with Crippen LogP contribution in [0, 0.1) is 31.6 Å². The SMILES string of the molecule is Cc1ccc(C)c(N2C(=O)c3ccc(C(=O)O[C@@H]4C[C@H](C)CC[C@H]4C(C)C)cc3C2=O)c1. The first kappa shape index (κ1) is 22.3. The highest BCUT2D eigenvalue weighted by molar-refractivity contribution is 6.35. The van der Waals surface area contributed by atoms with Crippen LogP contribution in [0.15, 0.2) is 36.4 Å². The second-order valence-electron chi connectivity index (χ2n) is 9.77. The first-order valence-electron chi connectivity index (χ1n) is 11.5. The van der Waals surface area contributed by atoms with E-state index in [1.165, 1.54) is 11.0 Å². The number of fused-ring (bicyclic) bond motifs is 1. The molecule has 0 N–H and O–H groups in total. The summed E-state index contributed by atoms with van der Waals surface area (Å²) in [4.78, 5) is 40.4. The standard InChI is InChI=1S/C27H31NO4/c1-15(2)20-10-7-17(4)13-24(20)32-27(31)19-9-11-21-22(14-19)26(30)28(25(21)29)23-12-16(3)6-8-18(23)5/h6,8-9,11-12,14-15,17,20,24H,7,10,13H2,1-5H3/t17-,20+,24-/m1/s1. The van der Waals surface area contributed by atoms with Crippen molar-refractivity contribution in [2.45, 2.75) is 60.0 Å². The summed E-state index contributed by atoms with van der Waals surface area (Å²) in [5, 5.41) is 0. The lowest BCUT2D eigenvalue weighted by molar-refractivity contribution is -0.0174. The van der Waals surface area contributed by atoms with Crippen LogP contribution >= 0.6 is 0 Å². The molecule has 5 nitrogen and oxygen atoms in total. The van der Waals surface area contributed by atoms with Crippen LogP contribution in [-0.2, 0) is 4.74 Å². The maximum atomic E-state index is 13.2. The fourth-order valence-electron chi connectivity index (χ4n) is 5.00. The molecule has 5 heteroatoms. The smallest absolute Gasteiger partial charge is 0.338 e. The molecule has 1 heterocycles. The number of amides is 2. The van der Waals surface area contributed by atoms with Gasteiger partial charge in [0.1, 0.15) is 6.10 Å². The second-order valence-corrected chi connectivity index (χ2v) is 9.77. The lowest BCUT2D eigenvalue weighted by Gasteiger charge is -2.36. The van der Waals surface area contributed by atoms with Gasteiger partial charge >= 0.3 is 5.97 Å². The third-order valence-corrected chi connectivity index (χ3v) is 6.95. The molecule has 2 aromatic rings. The van der Waals surface area contributed by atoms with Crippen molar-refractivity contribution in [2.24, 2.45) is 17.8 Å². The first-order valence-corrected chi connectivity index (χ1v) is 11.5. The molecule has 0 aromatic heterocycles. The summed E-state index contributed by atoms with van der Waals surface area (Å²) in [6, 6.07) is 10.4. The van der Waals surface area contributed by atoms with Gasteiger partial charge in [-0.05, 0) is 79.8 Å². The average molecular weight is 434 g/mol. The van der Waals surface area contributed by atoms with Crippen molar-refractivity contribution in [1.82, 2.24) is 0 Å². The van der Waals surface area contributed by atoms with E-state index in [2.05, 4.69) is 20.8 Å². The predicted octanol–water partition coefficient (Wildman–Crippen LogP) is 5.72. The lowest BCUT2D eigenvalue weighted by Crippen LogP contribution is -2.35. The van der Waals surface area contributed by atoms with Crippen LogP contribution in [0.2, 0.25) is 0 Å². The van der Waals surface area contributed by atoms with Crippen molar-refractivity contribution in [3.8, 4) is 0 Å². The number of nitrogens with zero attached hydrogens (tertiary/aromatic N) is 1. The Morgan fingerprint density at radius 2 is 1.72 bits per heavy atom. The molecule has 168 valence electrons. The molecule has 1 aliphatic heterocycles. The van der Waals surface area contributed by atoms with Crippen molar-refractivity contribution >= 4 is 23.5 Å². The number of esters is 1. The molecule has 2 amide bonds. The summed E-state index contributed by atoms with van der Waals surface area (Å²) in [5.74, 6) is 0.105. The van der Waals surface area contributed by atoms with E-state index in [1.54, 1.807) is 12.1 Å². The molecular formula is C27H31NO4. The number of carbonyl (C=O) groups excluding carboxylic acids is 3. The van der Waals surface area contributed by atoms with Crippen LogP contribution in [0.4, 0.5) is 5.69 Å². The second kappa shape index (κ2) is 8.53. The van der Waals surface area contributed by atoms with E-state index in [4.69, 9.17) is 4.74 Å². The van der Waals surface area contributed by atoms with Gasteiger partial charge in [0.25, 0.3) is 11.8 Å². The van der Waals surface area contributed by atoms with Gasteiger partial charge in [-0.2, -0.15) is 0 Å². The number of ether oxygens (including phenoxy) is 1. The van der Waals surface area contributed by atoms with Gasteiger partial charge in [-0.25, -0.2) is 9.69 Å². The normalized spacial score (nSPS) is 22.9. The maximum absolute atomic E-state index is 13.2. The number of hydrogen-bond acceptors (Lipinski definition) is 4. The van der Waals surface area contributed by atoms with Crippen LogP contribution in [0.5, 0.6) is 0 Å². The minimum atomic E-state index is -0.428. The molecule has 1 saturated carbocycles. The third-order valence-electron chi connectivity index (χ3n) is 6.95. The zero-order valence-corrected chi connectivity index (χ0v) is 19.5. The van der Waals surface area contributed by atoms with Crippen molar-refractivity contribution in [2.75, 3.05) is 4.90 Å². The Labute approximate surface area is 189 Å². The zero-order valence-electron chi connectivity index (χ0n) is 19.5. The number of benzene rings is 2. The van der Waals surface area contributed by atoms with E-state index in [0.29, 0.717) is 34.6 Å². The number of imide groups is 1. The Bertz CT molecular complexity index is 1090. The average Bonchev–Trinajstić information content (AvgIpc) is 2.99. The number of rotatable bonds is 4. The van der Waals surface area contributed by atoms with E-state index in [1.807, 2.05) is 32.0 Å². The molecule has 3 atom stereocenters. The Kier molecular flexibility index (Phi) is 5.93. The molecule has 0 saturated heterocycles. The highest BCUT2D eigenvalue weighted by atomic mass is 16.5. The minimum Gasteiger partial charge on any atom is -0.458 e. The molecule has 32 heavy (non-hydrogen) atoms. The van der Waals surface area contributed by atoms with Gasteiger partial charge in [-0.3, -0.25) is 9.59 Å². The highest BCUT2D eigenvalue weighted by Crippen LogP contribution is 2.36. The molecule has 2 aromatic carbocycles. The fraction of sp³-hybridized carbons (Fsp3) is 0.444. The van der Waals surface area contributed by atoms with E-state index in [9.17, 15) is 14.4 Å². The predicted molar refractivity (Wildman–Crippen MR) is 124 cm³/mol. The number of aryl methyl sites for hydroxylation is 2. The van der Waals surface area contributed by atoms with Crippen LogP contribution < -0.4 is 4.90 Å². The molecule has 1 aliphatic carbocycles. The van der Waals surface area contributed by atoms with Crippen molar-refractivity contribution in [1.29, 1.82) is 0 Å². The maximum Gasteiger partial charge on any atom is 0.338 e. The molecule has 1 fully saturated rings. The number of carbonyl (C=O) groups is 3. The summed E-state index contributed by atoms with van der Waals surface area (Å²) >= 11 is 0. The van der Waals surface area contributed by atoms with E-state index in [0.717, 1.165) is 30.4 Å². The summed E-state index contributed by atoms with van der Waals surface area (Å²) in [6.45, 7) is 10.3. The van der Waals surface area contributed by atoms with Crippen LogP contribution in [0.1, 0.15) is 82.2 Å². The largest absolute Gasteiger partial charge is 0.458 e. The van der Waals surface area contributed by atoms with Crippen molar-refractivity contribution < 1.29 is 19.1 Å². The highest BCUT2D eigenvalue weighted by Gasteiger charge is 2.39. The molecule has 0 radical (unpaired) electrons. The van der Waals surface area contributed by atoms with Crippen LogP contribution in [0.25, 0.3) is 0 Å². The lowest BCUT2D eigenvalue weighted by atomic mass is 9.75. The Morgan fingerprint density at radius 3 is 2.44 bits per heavy atom. The van der Waals surface area contributed by atoms with Gasteiger partial charge in [0.15, 0.2) is 0 Å². The summed E-state index contributed by atoms with van der Waals surface area (Å²) in [6.07, 6.45) is 2.94. The topological polar surface area (TPSA) is 63.7 Å². The van der Waals surface area contributed by atoms with Crippen molar-refractivity contribution in [3.63, 3.8) is 0 Å². The van der Waals surface area contributed by atoms with E-state index in [-0.39, 0.29) is 17.6 Å².